The van der Waals surface area contributed by atoms with Crippen molar-refractivity contribution in [2.45, 2.75) is 130 Å². The fourth-order valence-electron chi connectivity index (χ4n) is 3.25. The predicted molar refractivity (Wildman–Crippen MR) is 119 cm³/mol. The molecule has 0 radical (unpaired) electrons. The smallest absolute Gasteiger partial charge is 0.305 e. The third-order valence-corrected chi connectivity index (χ3v) is 5.08. The summed E-state index contributed by atoms with van der Waals surface area (Å²) in [5.74, 6) is 0.747. The van der Waals surface area contributed by atoms with E-state index < -0.39 is 0 Å². The molecule has 0 saturated heterocycles. The Labute approximate surface area is 170 Å². The lowest BCUT2D eigenvalue weighted by Crippen LogP contribution is -2.05. The third kappa shape index (κ3) is 23.2. The van der Waals surface area contributed by atoms with Gasteiger partial charge in [0.05, 0.1) is 6.61 Å². The van der Waals surface area contributed by atoms with Gasteiger partial charge in [0.15, 0.2) is 0 Å². The molecule has 0 bridgehead atoms. The summed E-state index contributed by atoms with van der Waals surface area (Å²) in [4.78, 5) is 11.6. The molecule has 0 aliphatic rings. The molecule has 0 aromatic heterocycles. The zero-order chi connectivity index (χ0) is 20.0. The van der Waals surface area contributed by atoms with Crippen molar-refractivity contribution in [3.63, 3.8) is 0 Å². The molecule has 160 valence electrons. The first kappa shape index (κ1) is 26.2. The van der Waals surface area contributed by atoms with Crippen LogP contribution in [0.3, 0.4) is 0 Å². The maximum atomic E-state index is 11.6. The van der Waals surface area contributed by atoms with E-state index in [1.165, 1.54) is 83.5 Å². The summed E-state index contributed by atoms with van der Waals surface area (Å²) in [6, 6.07) is 0. The van der Waals surface area contributed by atoms with Gasteiger partial charge < -0.3 is 4.74 Å². The van der Waals surface area contributed by atoms with Gasteiger partial charge in [0.25, 0.3) is 0 Å². The van der Waals surface area contributed by atoms with Gasteiger partial charge in [0, 0.05) is 6.42 Å². The minimum atomic E-state index is -0.000576. The van der Waals surface area contributed by atoms with E-state index in [-0.39, 0.29) is 5.97 Å². The van der Waals surface area contributed by atoms with Gasteiger partial charge in [0.2, 0.25) is 0 Å². The molecule has 0 unspecified atom stereocenters. The Morgan fingerprint density at radius 3 is 1.89 bits per heavy atom. The second kappa shape index (κ2) is 21.5. The van der Waals surface area contributed by atoms with Crippen LogP contribution < -0.4 is 0 Å². The monoisotopic (exact) mass is 380 g/mol. The zero-order valence-corrected chi connectivity index (χ0v) is 18.8. The van der Waals surface area contributed by atoms with Crippen LogP contribution >= 0.6 is 0 Å². The van der Waals surface area contributed by atoms with E-state index in [9.17, 15) is 4.79 Å². The molecule has 0 fully saturated rings. The number of hydrogen-bond donors (Lipinski definition) is 0. The molecular weight excluding hydrogens is 332 g/mol. The number of carbonyl (C=O) groups is 1. The minimum Gasteiger partial charge on any atom is -0.466 e. The lowest BCUT2D eigenvalue weighted by atomic mass is 10.1. The van der Waals surface area contributed by atoms with E-state index in [2.05, 4.69) is 32.9 Å². The summed E-state index contributed by atoms with van der Waals surface area (Å²) in [6.45, 7) is 7.35. The summed E-state index contributed by atoms with van der Waals surface area (Å²) in [6.07, 6.45) is 25.5. The quantitative estimate of drug-likeness (QED) is 0.120. The van der Waals surface area contributed by atoms with Gasteiger partial charge in [-0.1, -0.05) is 90.7 Å². The number of esters is 1. The Kier molecular flexibility index (Phi) is 20.9. The first-order valence-electron chi connectivity index (χ1n) is 12.0. The molecule has 2 heteroatoms. The Balaban J connectivity index is 3.20. The molecule has 0 amide bonds. The Morgan fingerprint density at radius 2 is 1.30 bits per heavy atom. The fraction of sp³-hybridized carbons (Fsp3) is 0.880. The van der Waals surface area contributed by atoms with E-state index in [4.69, 9.17) is 4.74 Å². The molecule has 0 N–H and O–H groups in total. The Hall–Kier alpha value is -0.790. The molecule has 0 aromatic rings. The average Bonchev–Trinajstić information content (AvgIpc) is 2.64. The molecule has 0 heterocycles. The molecule has 0 aliphatic carbocycles. The number of rotatable bonds is 20. The molecule has 0 aliphatic heterocycles. The largest absolute Gasteiger partial charge is 0.466 e. The van der Waals surface area contributed by atoms with Crippen LogP contribution in [-0.4, -0.2) is 12.6 Å². The van der Waals surface area contributed by atoms with Gasteiger partial charge in [-0.2, -0.15) is 0 Å². The normalized spacial score (nSPS) is 11.6. The standard InChI is InChI=1S/C25H48O2/c1-4-5-6-7-8-9-10-11-12-13-14-15-16-17-18-22-25(26)27-23-20-19-21-24(2)3/h10-11,24H,4-9,12-23H2,1-3H3. The number of allylic oxidation sites excluding steroid dienone is 2. The highest BCUT2D eigenvalue weighted by Gasteiger charge is 2.02. The molecule has 0 spiro atoms. The highest BCUT2D eigenvalue weighted by molar-refractivity contribution is 5.69. The van der Waals surface area contributed by atoms with E-state index in [1.807, 2.05) is 0 Å². The van der Waals surface area contributed by atoms with Gasteiger partial charge in [-0.25, -0.2) is 0 Å². The molecule has 27 heavy (non-hydrogen) atoms. The van der Waals surface area contributed by atoms with Crippen LogP contribution in [0.25, 0.3) is 0 Å². The zero-order valence-electron chi connectivity index (χ0n) is 18.8. The van der Waals surface area contributed by atoms with Gasteiger partial charge in [-0.05, 0) is 50.9 Å². The Bertz CT molecular complexity index is 333. The van der Waals surface area contributed by atoms with Crippen molar-refractivity contribution in [1.29, 1.82) is 0 Å². The van der Waals surface area contributed by atoms with Crippen molar-refractivity contribution in [2.24, 2.45) is 5.92 Å². The number of unbranched alkanes of at least 4 members (excludes halogenated alkanes) is 12. The van der Waals surface area contributed by atoms with Crippen molar-refractivity contribution >= 4 is 5.97 Å². The van der Waals surface area contributed by atoms with Crippen LogP contribution in [0.2, 0.25) is 0 Å². The SMILES string of the molecule is CCCCCCCC=CCCCCCCCCC(=O)OCCCCC(C)C. The second-order valence-corrected chi connectivity index (χ2v) is 8.44. The lowest BCUT2D eigenvalue weighted by molar-refractivity contribution is -0.143. The Morgan fingerprint density at radius 1 is 0.741 bits per heavy atom. The number of ether oxygens (including phenoxy) is 1. The van der Waals surface area contributed by atoms with Crippen LogP contribution in [0.5, 0.6) is 0 Å². The van der Waals surface area contributed by atoms with Gasteiger partial charge in [-0.15, -0.1) is 0 Å². The minimum absolute atomic E-state index is 0.000576. The molecule has 0 aromatic carbocycles. The number of carbonyl (C=O) groups excluding carboxylic acids is 1. The number of hydrogen-bond acceptors (Lipinski definition) is 2. The summed E-state index contributed by atoms with van der Waals surface area (Å²) in [7, 11) is 0. The van der Waals surface area contributed by atoms with E-state index in [1.54, 1.807) is 0 Å². The van der Waals surface area contributed by atoms with Crippen molar-refractivity contribution in [3.8, 4) is 0 Å². The summed E-state index contributed by atoms with van der Waals surface area (Å²) in [5.41, 5.74) is 0. The van der Waals surface area contributed by atoms with E-state index in [0.29, 0.717) is 13.0 Å². The molecular formula is C25H48O2. The van der Waals surface area contributed by atoms with Crippen molar-refractivity contribution in [3.05, 3.63) is 12.2 Å². The molecule has 0 atom stereocenters. The highest BCUT2D eigenvalue weighted by Crippen LogP contribution is 2.11. The van der Waals surface area contributed by atoms with Crippen molar-refractivity contribution in [1.82, 2.24) is 0 Å². The van der Waals surface area contributed by atoms with Crippen LogP contribution in [-0.2, 0) is 9.53 Å². The average molecular weight is 381 g/mol. The predicted octanol–water partition coefficient (Wildman–Crippen LogP) is 8.39. The molecule has 0 saturated carbocycles. The first-order chi connectivity index (χ1) is 13.2. The van der Waals surface area contributed by atoms with Crippen LogP contribution in [0.4, 0.5) is 0 Å². The summed E-state index contributed by atoms with van der Waals surface area (Å²) in [5, 5.41) is 0. The highest BCUT2D eigenvalue weighted by atomic mass is 16.5. The van der Waals surface area contributed by atoms with Gasteiger partial charge in [-0.3, -0.25) is 4.79 Å². The topological polar surface area (TPSA) is 26.3 Å². The summed E-state index contributed by atoms with van der Waals surface area (Å²) < 4.78 is 5.30. The van der Waals surface area contributed by atoms with Crippen molar-refractivity contribution in [2.75, 3.05) is 6.61 Å². The van der Waals surface area contributed by atoms with Crippen LogP contribution in [0, 0.1) is 5.92 Å². The lowest BCUT2D eigenvalue weighted by Gasteiger charge is -2.06. The van der Waals surface area contributed by atoms with E-state index >= 15 is 0 Å². The summed E-state index contributed by atoms with van der Waals surface area (Å²) >= 11 is 0. The maximum Gasteiger partial charge on any atom is 0.305 e. The van der Waals surface area contributed by atoms with Crippen LogP contribution in [0.1, 0.15) is 130 Å². The fourth-order valence-corrected chi connectivity index (χ4v) is 3.25. The van der Waals surface area contributed by atoms with E-state index in [0.717, 1.165) is 25.2 Å². The van der Waals surface area contributed by atoms with Gasteiger partial charge >= 0.3 is 5.97 Å². The molecule has 2 nitrogen and oxygen atoms in total. The maximum absolute atomic E-state index is 11.6. The molecule has 0 rings (SSSR count). The third-order valence-electron chi connectivity index (χ3n) is 5.08. The van der Waals surface area contributed by atoms with Crippen LogP contribution in [0.15, 0.2) is 12.2 Å². The van der Waals surface area contributed by atoms with Gasteiger partial charge in [0.1, 0.15) is 0 Å². The first-order valence-corrected chi connectivity index (χ1v) is 12.0. The van der Waals surface area contributed by atoms with Crippen molar-refractivity contribution < 1.29 is 9.53 Å². The second-order valence-electron chi connectivity index (χ2n) is 8.44.